The Labute approximate surface area is 180 Å². The van der Waals surface area contributed by atoms with Crippen LogP contribution in [0.2, 0.25) is 0 Å². The Morgan fingerprint density at radius 1 is 1.10 bits per heavy atom. The number of phenols is 1. The van der Waals surface area contributed by atoms with Crippen LogP contribution < -0.4 is 4.90 Å². The van der Waals surface area contributed by atoms with Gasteiger partial charge in [-0.3, -0.25) is 14.5 Å². The molecule has 31 heavy (non-hydrogen) atoms. The van der Waals surface area contributed by atoms with E-state index in [1.807, 2.05) is 0 Å². The Balaban J connectivity index is 1.91. The zero-order chi connectivity index (χ0) is 22.7. The number of aromatic nitrogens is 1. The van der Waals surface area contributed by atoms with Gasteiger partial charge in [-0.1, -0.05) is 44.2 Å². The first-order chi connectivity index (χ1) is 14.5. The van der Waals surface area contributed by atoms with E-state index < -0.39 is 40.5 Å². The Kier molecular flexibility index (Phi) is 4.81. The zero-order valence-corrected chi connectivity index (χ0v) is 17.6. The van der Waals surface area contributed by atoms with Crippen LogP contribution in [-0.2, 0) is 9.59 Å². The molecule has 0 aliphatic carbocycles. The average molecular weight is 444 g/mol. The number of aliphatic hydroxyl groups excluding tert-OH is 1. The lowest BCUT2D eigenvalue weighted by Crippen LogP contribution is -2.32. The number of anilines is 1. The standard InChI is InChI=1S/C22H18F2N2O4S/c1-22(2,3)19(29)16-17(10-4-6-11(27)7-5-10)26(20(30)18(16)28)21-25-14-8-12(23)13(24)9-15(14)31-21/h4-9,17,27-28H,1-3H3. The van der Waals surface area contributed by atoms with Gasteiger partial charge < -0.3 is 10.2 Å². The number of benzene rings is 2. The Morgan fingerprint density at radius 3 is 2.32 bits per heavy atom. The van der Waals surface area contributed by atoms with Gasteiger partial charge in [-0.05, 0) is 23.8 Å². The summed E-state index contributed by atoms with van der Waals surface area (Å²) in [6.07, 6.45) is 0. The van der Waals surface area contributed by atoms with Crippen molar-refractivity contribution < 1.29 is 28.6 Å². The molecule has 9 heteroatoms. The molecule has 2 heterocycles. The van der Waals surface area contributed by atoms with Gasteiger partial charge in [0.1, 0.15) is 5.75 Å². The normalized spacial score (nSPS) is 17.1. The van der Waals surface area contributed by atoms with Crippen molar-refractivity contribution in [2.24, 2.45) is 5.41 Å². The van der Waals surface area contributed by atoms with E-state index in [4.69, 9.17) is 0 Å². The third-order valence-corrected chi connectivity index (χ3v) is 5.99. The highest BCUT2D eigenvalue weighted by Crippen LogP contribution is 2.45. The first kappa shape index (κ1) is 20.9. The number of nitrogens with zero attached hydrogens (tertiary/aromatic N) is 2. The van der Waals surface area contributed by atoms with Gasteiger partial charge in [0.05, 0.1) is 21.8 Å². The van der Waals surface area contributed by atoms with E-state index in [-0.39, 0.29) is 22.0 Å². The molecule has 1 atom stereocenters. The predicted molar refractivity (Wildman–Crippen MR) is 112 cm³/mol. The van der Waals surface area contributed by atoms with Crippen molar-refractivity contribution >= 4 is 38.4 Å². The van der Waals surface area contributed by atoms with Gasteiger partial charge in [0.25, 0.3) is 5.91 Å². The van der Waals surface area contributed by atoms with Gasteiger partial charge in [-0.15, -0.1) is 0 Å². The van der Waals surface area contributed by atoms with Crippen molar-refractivity contribution in [1.29, 1.82) is 0 Å². The first-order valence-corrected chi connectivity index (χ1v) is 10.2. The van der Waals surface area contributed by atoms with E-state index in [1.165, 1.54) is 24.3 Å². The second-order valence-electron chi connectivity index (χ2n) is 8.24. The maximum Gasteiger partial charge on any atom is 0.296 e. The fourth-order valence-corrected chi connectivity index (χ4v) is 4.42. The largest absolute Gasteiger partial charge is 0.508 e. The van der Waals surface area contributed by atoms with E-state index in [1.54, 1.807) is 20.8 Å². The summed E-state index contributed by atoms with van der Waals surface area (Å²) in [5, 5.41) is 20.4. The number of aliphatic hydroxyl groups is 1. The summed E-state index contributed by atoms with van der Waals surface area (Å²) in [5.41, 5.74) is -0.389. The molecule has 0 radical (unpaired) electrons. The molecule has 1 aliphatic rings. The maximum absolute atomic E-state index is 13.7. The molecule has 0 spiro atoms. The van der Waals surface area contributed by atoms with E-state index >= 15 is 0 Å². The topological polar surface area (TPSA) is 90.7 Å². The van der Waals surface area contributed by atoms with E-state index in [0.29, 0.717) is 10.3 Å². The third kappa shape index (κ3) is 3.44. The van der Waals surface area contributed by atoms with Gasteiger partial charge >= 0.3 is 0 Å². The van der Waals surface area contributed by atoms with Crippen LogP contribution in [0.1, 0.15) is 32.4 Å². The fourth-order valence-electron chi connectivity index (χ4n) is 3.42. The summed E-state index contributed by atoms with van der Waals surface area (Å²) in [5.74, 6) is -4.10. The minimum Gasteiger partial charge on any atom is -0.508 e. The average Bonchev–Trinajstić information content (AvgIpc) is 3.20. The lowest BCUT2D eigenvalue weighted by atomic mass is 9.82. The van der Waals surface area contributed by atoms with Crippen molar-refractivity contribution in [3.63, 3.8) is 0 Å². The van der Waals surface area contributed by atoms with Gasteiger partial charge in [-0.25, -0.2) is 13.8 Å². The summed E-state index contributed by atoms with van der Waals surface area (Å²) in [4.78, 5) is 31.6. The number of aromatic hydroxyl groups is 1. The summed E-state index contributed by atoms with van der Waals surface area (Å²) in [7, 11) is 0. The number of halogens is 2. The number of phenolic OH excluding ortho intramolecular Hbond substituents is 1. The summed E-state index contributed by atoms with van der Waals surface area (Å²) < 4.78 is 27.6. The Hall–Kier alpha value is -3.33. The van der Waals surface area contributed by atoms with Gasteiger partial charge in [0, 0.05) is 11.5 Å². The second-order valence-corrected chi connectivity index (χ2v) is 9.25. The molecule has 0 fully saturated rings. The smallest absolute Gasteiger partial charge is 0.296 e. The number of carbonyl (C=O) groups excluding carboxylic acids is 2. The summed E-state index contributed by atoms with van der Waals surface area (Å²) >= 11 is 0.935. The molecule has 6 nitrogen and oxygen atoms in total. The number of rotatable bonds is 3. The van der Waals surface area contributed by atoms with Gasteiger partial charge in [0.15, 0.2) is 28.3 Å². The molecule has 0 bridgehead atoms. The number of fused-ring (bicyclic) bond motifs is 1. The lowest BCUT2D eigenvalue weighted by molar-refractivity contribution is -0.123. The molecule has 1 amide bonds. The number of thiazole rings is 1. The van der Waals surface area contributed by atoms with Crippen LogP contribution in [0.25, 0.3) is 10.2 Å². The molecule has 0 saturated carbocycles. The SMILES string of the molecule is CC(C)(C)C(=O)C1=C(O)C(=O)N(c2nc3cc(F)c(F)cc3s2)C1c1ccc(O)cc1. The molecular formula is C22H18F2N2O4S. The molecule has 4 rings (SSSR count). The number of hydrogen-bond acceptors (Lipinski definition) is 6. The molecule has 1 aromatic heterocycles. The minimum absolute atomic E-state index is 0.0116. The van der Waals surface area contributed by atoms with E-state index in [0.717, 1.165) is 28.4 Å². The second kappa shape index (κ2) is 7.12. The highest BCUT2D eigenvalue weighted by Gasteiger charge is 2.47. The van der Waals surface area contributed by atoms with Crippen LogP contribution in [0.3, 0.4) is 0 Å². The zero-order valence-electron chi connectivity index (χ0n) is 16.8. The van der Waals surface area contributed by atoms with Gasteiger partial charge in [0.2, 0.25) is 0 Å². The number of ketones is 1. The minimum atomic E-state index is -1.07. The summed E-state index contributed by atoms with van der Waals surface area (Å²) in [6.45, 7) is 5.00. The number of carbonyl (C=O) groups is 2. The van der Waals surface area contributed by atoms with Crippen LogP contribution in [-0.4, -0.2) is 26.9 Å². The van der Waals surface area contributed by atoms with Crippen molar-refractivity contribution in [2.45, 2.75) is 26.8 Å². The van der Waals surface area contributed by atoms with E-state index in [9.17, 15) is 28.6 Å². The van der Waals surface area contributed by atoms with Crippen LogP contribution in [0.15, 0.2) is 47.7 Å². The van der Waals surface area contributed by atoms with Crippen molar-refractivity contribution in [2.75, 3.05) is 4.90 Å². The fraction of sp³-hybridized carbons (Fsp3) is 0.227. The maximum atomic E-state index is 13.7. The lowest BCUT2D eigenvalue weighted by Gasteiger charge is -2.27. The monoisotopic (exact) mass is 444 g/mol. The first-order valence-electron chi connectivity index (χ1n) is 9.35. The molecule has 1 unspecified atom stereocenters. The van der Waals surface area contributed by atoms with Crippen molar-refractivity contribution in [3.8, 4) is 5.75 Å². The Bertz CT molecular complexity index is 1220. The number of hydrogen-bond donors (Lipinski definition) is 2. The van der Waals surface area contributed by atoms with Crippen LogP contribution in [0, 0.1) is 17.0 Å². The third-order valence-electron chi connectivity index (χ3n) is 4.97. The molecule has 0 saturated heterocycles. The van der Waals surface area contributed by atoms with Crippen LogP contribution in [0.5, 0.6) is 5.75 Å². The molecule has 2 aromatic carbocycles. The number of amides is 1. The molecule has 160 valence electrons. The molecule has 1 aliphatic heterocycles. The molecular weight excluding hydrogens is 426 g/mol. The van der Waals surface area contributed by atoms with Crippen molar-refractivity contribution in [1.82, 2.24) is 4.98 Å². The van der Waals surface area contributed by atoms with Crippen LogP contribution >= 0.6 is 11.3 Å². The number of Topliss-reactive ketones (excluding diaryl/α,β-unsaturated/α-hetero) is 1. The van der Waals surface area contributed by atoms with Crippen molar-refractivity contribution in [3.05, 3.63) is 64.9 Å². The highest BCUT2D eigenvalue weighted by molar-refractivity contribution is 7.22. The molecule has 3 aromatic rings. The van der Waals surface area contributed by atoms with Crippen LogP contribution in [0.4, 0.5) is 13.9 Å². The quantitative estimate of drug-likeness (QED) is 0.606. The molecule has 2 N–H and O–H groups in total. The highest BCUT2D eigenvalue weighted by atomic mass is 32.1. The van der Waals surface area contributed by atoms with Gasteiger partial charge in [-0.2, -0.15) is 0 Å². The predicted octanol–water partition coefficient (Wildman–Crippen LogP) is 4.80. The summed E-state index contributed by atoms with van der Waals surface area (Å²) in [6, 6.07) is 6.75. The Morgan fingerprint density at radius 2 is 1.71 bits per heavy atom. The van der Waals surface area contributed by atoms with E-state index in [2.05, 4.69) is 4.98 Å².